The molecule has 0 aliphatic carbocycles. The van der Waals surface area contributed by atoms with E-state index in [0.29, 0.717) is 25.9 Å². The molecule has 0 aromatic carbocycles. The topological polar surface area (TPSA) is 104 Å². The van der Waals surface area contributed by atoms with Crippen LogP contribution in [0.4, 0.5) is 4.79 Å². The molecule has 6 heteroatoms. The highest BCUT2D eigenvalue weighted by Crippen LogP contribution is 2.10. The number of nitrogens with one attached hydrogen (secondary N) is 2. The van der Waals surface area contributed by atoms with E-state index in [9.17, 15) is 9.59 Å². The first-order valence-electron chi connectivity index (χ1n) is 10.1. The Balaban J connectivity index is 3.54. The van der Waals surface area contributed by atoms with Crippen LogP contribution in [0.15, 0.2) is 0 Å². The third-order valence-electron chi connectivity index (χ3n) is 4.37. The van der Waals surface area contributed by atoms with Crippen LogP contribution in [0, 0.1) is 0 Å². The number of carbonyl (C=O) groups is 2. The van der Waals surface area contributed by atoms with Crippen LogP contribution in [0.25, 0.3) is 0 Å². The van der Waals surface area contributed by atoms with Crippen molar-refractivity contribution in [2.24, 2.45) is 5.73 Å². The highest BCUT2D eigenvalue weighted by molar-refractivity contribution is 5.82. The fourth-order valence-electron chi connectivity index (χ4n) is 2.77. The maximum Gasteiger partial charge on any atom is 0.326 e. The average Bonchev–Trinajstić information content (AvgIpc) is 2.58. The fraction of sp³-hybridized carbons (Fsp3) is 0.895. The van der Waals surface area contributed by atoms with E-state index in [0.717, 1.165) is 19.3 Å². The van der Waals surface area contributed by atoms with Crippen LogP contribution in [0.3, 0.4) is 0 Å². The Hall–Kier alpha value is -1.30. The van der Waals surface area contributed by atoms with Crippen molar-refractivity contribution in [1.29, 1.82) is 0 Å². The van der Waals surface area contributed by atoms with Gasteiger partial charge in [-0.3, -0.25) is 0 Å². The van der Waals surface area contributed by atoms with Gasteiger partial charge in [-0.2, -0.15) is 0 Å². The van der Waals surface area contributed by atoms with E-state index < -0.39 is 18.0 Å². The van der Waals surface area contributed by atoms with E-state index in [4.69, 9.17) is 10.8 Å². The first-order valence-corrected chi connectivity index (χ1v) is 10.1. The third-order valence-corrected chi connectivity index (χ3v) is 4.37. The molecule has 2 amide bonds. The van der Waals surface area contributed by atoms with Crippen molar-refractivity contribution >= 4 is 12.0 Å². The lowest BCUT2D eigenvalue weighted by molar-refractivity contribution is -0.139. The molecule has 5 N–H and O–H groups in total. The number of carboxylic acids is 1. The molecule has 0 saturated carbocycles. The maximum absolute atomic E-state index is 11.7. The number of unbranched alkanes of at least 4 members (excludes halogenated alkanes) is 10. The van der Waals surface area contributed by atoms with Crippen molar-refractivity contribution in [2.75, 3.05) is 13.1 Å². The molecule has 1 atom stereocenters. The summed E-state index contributed by atoms with van der Waals surface area (Å²) in [7, 11) is 0. The number of nitrogens with two attached hydrogens (primary N) is 1. The second kappa shape index (κ2) is 17.5. The number of aliphatic carboxylic acids is 1. The summed E-state index contributed by atoms with van der Waals surface area (Å²) in [5.41, 5.74) is 5.40. The van der Waals surface area contributed by atoms with E-state index in [1.54, 1.807) is 0 Å². The van der Waals surface area contributed by atoms with E-state index in [1.165, 1.54) is 51.4 Å². The zero-order valence-corrected chi connectivity index (χ0v) is 16.0. The zero-order chi connectivity index (χ0) is 18.8. The van der Waals surface area contributed by atoms with E-state index >= 15 is 0 Å². The van der Waals surface area contributed by atoms with Gasteiger partial charge in [0.1, 0.15) is 6.04 Å². The Morgan fingerprint density at radius 2 is 1.44 bits per heavy atom. The number of hydrogen-bond donors (Lipinski definition) is 4. The predicted molar refractivity (Wildman–Crippen MR) is 103 cm³/mol. The van der Waals surface area contributed by atoms with Gasteiger partial charge in [-0.15, -0.1) is 0 Å². The maximum atomic E-state index is 11.7. The molecular formula is C19H39N3O3. The third kappa shape index (κ3) is 15.9. The van der Waals surface area contributed by atoms with Gasteiger partial charge in [-0.05, 0) is 32.2 Å². The molecule has 0 aliphatic heterocycles. The highest BCUT2D eigenvalue weighted by Gasteiger charge is 2.18. The molecule has 0 aromatic rings. The lowest BCUT2D eigenvalue weighted by Gasteiger charge is -2.15. The quantitative estimate of drug-likeness (QED) is 0.297. The first-order chi connectivity index (χ1) is 12.1. The molecule has 6 nitrogen and oxygen atoms in total. The van der Waals surface area contributed by atoms with Gasteiger partial charge in [-0.25, -0.2) is 9.59 Å². The summed E-state index contributed by atoms with van der Waals surface area (Å²) in [6, 6.07) is -1.23. The fourth-order valence-corrected chi connectivity index (χ4v) is 2.77. The van der Waals surface area contributed by atoms with Crippen LogP contribution in [0.5, 0.6) is 0 Å². The number of rotatable bonds is 17. The van der Waals surface area contributed by atoms with Gasteiger partial charge in [0, 0.05) is 6.54 Å². The van der Waals surface area contributed by atoms with Crippen molar-refractivity contribution in [3.8, 4) is 0 Å². The van der Waals surface area contributed by atoms with Gasteiger partial charge < -0.3 is 21.5 Å². The van der Waals surface area contributed by atoms with E-state index in [-0.39, 0.29) is 0 Å². The van der Waals surface area contributed by atoms with Crippen molar-refractivity contribution in [3.63, 3.8) is 0 Å². The molecule has 0 heterocycles. The Bertz CT molecular complexity index is 338. The Morgan fingerprint density at radius 3 is 1.96 bits per heavy atom. The van der Waals surface area contributed by atoms with Crippen LogP contribution in [0.1, 0.15) is 90.4 Å². The number of amides is 2. The predicted octanol–water partition coefficient (Wildman–Crippen LogP) is 3.79. The standard InChI is InChI=1S/C19H39N3O3/c1-2-3-4-5-6-7-8-9-10-13-16-21-19(25)22-17(18(23)24)14-11-12-15-20/h17H,2-16,20H2,1H3,(H,23,24)(H2,21,22,25)/t17-/m0/s1. The molecular weight excluding hydrogens is 318 g/mol. The van der Waals surface area contributed by atoms with Gasteiger partial charge in [-0.1, -0.05) is 64.7 Å². The second-order valence-corrected chi connectivity index (χ2v) is 6.76. The molecule has 0 unspecified atom stereocenters. The molecule has 0 aliphatic rings. The van der Waals surface area contributed by atoms with Gasteiger partial charge in [0.25, 0.3) is 0 Å². The van der Waals surface area contributed by atoms with Crippen molar-refractivity contribution < 1.29 is 14.7 Å². The minimum atomic E-state index is -0.994. The molecule has 0 rings (SSSR count). The highest BCUT2D eigenvalue weighted by atomic mass is 16.4. The summed E-state index contributed by atoms with van der Waals surface area (Å²) in [4.78, 5) is 22.9. The number of carbonyl (C=O) groups excluding carboxylic acids is 1. The lowest BCUT2D eigenvalue weighted by atomic mass is 10.1. The molecule has 0 saturated heterocycles. The molecule has 148 valence electrons. The monoisotopic (exact) mass is 357 g/mol. The smallest absolute Gasteiger partial charge is 0.326 e. The summed E-state index contributed by atoms with van der Waals surface area (Å²) >= 11 is 0. The van der Waals surface area contributed by atoms with Crippen molar-refractivity contribution in [3.05, 3.63) is 0 Å². The first kappa shape index (κ1) is 23.7. The van der Waals surface area contributed by atoms with Crippen LogP contribution < -0.4 is 16.4 Å². The summed E-state index contributed by atoms with van der Waals surface area (Å²) in [5.74, 6) is -0.994. The van der Waals surface area contributed by atoms with Gasteiger partial charge in [0.2, 0.25) is 0 Å². The number of urea groups is 1. The van der Waals surface area contributed by atoms with E-state index in [2.05, 4.69) is 17.6 Å². The molecule has 0 spiro atoms. The second-order valence-electron chi connectivity index (χ2n) is 6.76. The van der Waals surface area contributed by atoms with Crippen LogP contribution in [-0.2, 0) is 4.79 Å². The molecule has 25 heavy (non-hydrogen) atoms. The summed E-state index contributed by atoms with van der Waals surface area (Å²) < 4.78 is 0. The zero-order valence-electron chi connectivity index (χ0n) is 16.0. The normalized spacial score (nSPS) is 11.9. The van der Waals surface area contributed by atoms with Crippen molar-refractivity contribution in [1.82, 2.24) is 10.6 Å². The lowest BCUT2D eigenvalue weighted by Crippen LogP contribution is -2.46. The van der Waals surface area contributed by atoms with Crippen LogP contribution in [-0.4, -0.2) is 36.2 Å². The average molecular weight is 358 g/mol. The molecule has 0 aromatic heterocycles. The van der Waals surface area contributed by atoms with E-state index in [1.807, 2.05) is 0 Å². The van der Waals surface area contributed by atoms with Gasteiger partial charge in [0.15, 0.2) is 0 Å². The molecule has 0 bridgehead atoms. The Kier molecular flexibility index (Phi) is 16.6. The largest absolute Gasteiger partial charge is 0.480 e. The summed E-state index contributed by atoms with van der Waals surface area (Å²) in [6.07, 6.45) is 14.4. The van der Waals surface area contributed by atoms with Crippen molar-refractivity contribution in [2.45, 2.75) is 96.4 Å². The van der Waals surface area contributed by atoms with Gasteiger partial charge in [0.05, 0.1) is 0 Å². The summed E-state index contributed by atoms with van der Waals surface area (Å²) in [6.45, 7) is 3.37. The number of hydrogen-bond acceptors (Lipinski definition) is 3. The van der Waals surface area contributed by atoms with Crippen LogP contribution in [0.2, 0.25) is 0 Å². The Morgan fingerprint density at radius 1 is 0.880 bits per heavy atom. The number of carboxylic acid groups (broad SMARTS) is 1. The minimum absolute atomic E-state index is 0.393. The Labute approximate surface area is 153 Å². The minimum Gasteiger partial charge on any atom is -0.480 e. The molecule has 0 radical (unpaired) electrons. The van der Waals surface area contributed by atoms with Crippen LogP contribution >= 0.6 is 0 Å². The SMILES string of the molecule is CCCCCCCCCCCCNC(=O)N[C@@H](CCCCN)C(=O)O. The summed E-state index contributed by atoms with van der Waals surface area (Å²) in [5, 5.41) is 14.4. The van der Waals surface area contributed by atoms with Gasteiger partial charge >= 0.3 is 12.0 Å². The molecule has 0 fully saturated rings.